The fourth-order valence-electron chi connectivity index (χ4n) is 2.67. The van der Waals surface area contributed by atoms with Crippen LogP contribution in [0.2, 0.25) is 0 Å². The number of nitrogens with zero attached hydrogens (tertiary/aromatic N) is 1. The van der Waals surface area contributed by atoms with Gasteiger partial charge in [0, 0.05) is 32.7 Å². The van der Waals surface area contributed by atoms with Crippen molar-refractivity contribution in [3.63, 3.8) is 0 Å². The second-order valence-corrected chi connectivity index (χ2v) is 5.32. The van der Waals surface area contributed by atoms with Gasteiger partial charge in [-0.1, -0.05) is 0 Å². The maximum absolute atomic E-state index is 12.0. The molecule has 1 aliphatic carbocycles. The second-order valence-electron chi connectivity index (χ2n) is 5.32. The highest BCUT2D eigenvalue weighted by Crippen LogP contribution is 2.34. The van der Waals surface area contributed by atoms with Gasteiger partial charge < -0.3 is 15.4 Å². The molecule has 4 heteroatoms. The van der Waals surface area contributed by atoms with Crippen LogP contribution in [0.25, 0.3) is 0 Å². The summed E-state index contributed by atoms with van der Waals surface area (Å²) in [5, 5.41) is 0. The van der Waals surface area contributed by atoms with E-state index in [1.54, 1.807) is 0 Å². The van der Waals surface area contributed by atoms with Crippen LogP contribution in [0.15, 0.2) is 0 Å². The van der Waals surface area contributed by atoms with E-state index in [2.05, 4.69) is 0 Å². The molecule has 4 nitrogen and oxygen atoms in total. The Morgan fingerprint density at radius 3 is 2.76 bits per heavy atom. The van der Waals surface area contributed by atoms with E-state index in [0.29, 0.717) is 25.0 Å². The molecule has 1 heterocycles. The minimum Gasteiger partial charge on any atom is -0.378 e. The number of nitrogens with two attached hydrogens (primary N) is 1. The molecule has 1 saturated carbocycles. The molecular formula is C13H24N2O2. The van der Waals surface area contributed by atoms with Crippen LogP contribution < -0.4 is 5.73 Å². The highest BCUT2D eigenvalue weighted by atomic mass is 16.5. The van der Waals surface area contributed by atoms with Crippen LogP contribution in [-0.2, 0) is 9.53 Å². The molecule has 2 unspecified atom stereocenters. The number of ether oxygens (including phenoxy) is 1. The first-order valence-corrected chi connectivity index (χ1v) is 6.79. The van der Waals surface area contributed by atoms with Crippen molar-refractivity contribution in [2.45, 2.75) is 50.7 Å². The van der Waals surface area contributed by atoms with E-state index >= 15 is 0 Å². The van der Waals surface area contributed by atoms with Crippen molar-refractivity contribution in [1.29, 1.82) is 0 Å². The van der Waals surface area contributed by atoms with Crippen LogP contribution in [0.3, 0.4) is 0 Å². The van der Waals surface area contributed by atoms with Crippen molar-refractivity contribution < 1.29 is 9.53 Å². The summed E-state index contributed by atoms with van der Waals surface area (Å²) in [7, 11) is 1.90. The van der Waals surface area contributed by atoms with Crippen molar-refractivity contribution >= 4 is 5.91 Å². The summed E-state index contributed by atoms with van der Waals surface area (Å²) in [4.78, 5) is 13.9. The van der Waals surface area contributed by atoms with Crippen LogP contribution in [0.4, 0.5) is 0 Å². The molecule has 1 aliphatic heterocycles. The minimum atomic E-state index is 0.225. The SMILES string of the molecule is CN(C(=O)CCC1CCCO1)C(CN)C1CC1. The largest absolute Gasteiger partial charge is 0.378 e. The molecule has 2 aliphatic rings. The van der Waals surface area contributed by atoms with E-state index < -0.39 is 0 Å². The lowest BCUT2D eigenvalue weighted by Crippen LogP contribution is -2.43. The molecule has 0 radical (unpaired) electrons. The van der Waals surface area contributed by atoms with Crippen molar-refractivity contribution in [2.75, 3.05) is 20.2 Å². The lowest BCUT2D eigenvalue weighted by Gasteiger charge is -2.27. The van der Waals surface area contributed by atoms with Gasteiger partial charge in [0.25, 0.3) is 0 Å². The first-order chi connectivity index (χ1) is 8.22. The van der Waals surface area contributed by atoms with Crippen LogP contribution in [-0.4, -0.2) is 43.2 Å². The Morgan fingerprint density at radius 2 is 2.24 bits per heavy atom. The zero-order valence-electron chi connectivity index (χ0n) is 10.7. The summed E-state index contributed by atoms with van der Waals surface area (Å²) in [6.07, 6.45) is 6.48. The van der Waals surface area contributed by atoms with Crippen LogP contribution in [0.1, 0.15) is 38.5 Å². The van der Waals surface area contributed by atoms with E-state index in [1.165, 1.54) is 12.8 Å². The first kappa shape index (κ1) is 12.8. The summed E-state index contributed by atoms with van der Waals surface area (Å²) in [5.74, 6) is 0.875. The van der Waals surface area contributed by atoms with E-state index in [4.69, 9.17) is 10.5 Å². The van der Waals surface area contributed by atoms with Gasteiger partial charge in [0.15, 0.2) is 0 Å². The van der Waals surface area contributed by atoms with Crippen molar-refractivity contribution in [3.8, 4) is 0 Å². The molecule has 1 saturated heterocycles. The standard InChI is InChI=1S/C13H24N2O2/c1-15(12(9-14)10-4-5-10)13(16)7-6-11-3-2-8-17-11/h10-12H,2-9,14H2,1H3. The Labute approximate surface area is 103 Å². The third kappa shape index (κ3) is 3.42. The normalized spacial score (nSPS) is 25.9. The monoisotopic (exact) mass is 240 g/mol. The number of carbonyl (C=O) groups excluding carboxylic acids is 1. The Bertz CT molecular complexity index is 260. The Hall–Kier alpha value is -0.610. The molecule has 0 bridgehead atoms. The van der Waals surface area contributed by atoms with E-state index in [9.17, 15) is 4.79 Å². The second kappa shape index (κ2) is 5.83. The molecule has 0 aromatic heterocycles. The predicted molar refractivity (Wildman–Crippen MR) is 66.5 cm³/mol. The fourth-order valence-corrected chi connectivity index (χ4v) is 2.67. The number of rotatable bonds is 6. The van der Waals surface area contributed by atoms with Crippen molar-refractivity contribution in [2.24, 2.45) is 11.7 Å². The van der Waals surface area contributed by atoms with E-state index in [-0.39, 0.29) is 11.9 Å². The molecule has 2 atom stereocenters. The van der Waals surface area contributed by atoms with Gasteiger partial charge in [0.2, 0.25) is 5.91 Å². The minimum absolute atomic E-state index is 0.225. The van der Waals surface area contributed by atoms with Crippen LogP contribution in [0.5, 0.6) is 0 Å². The number of likely N-dealkylation sites (N-methyl/N-ethyl adjacent to an activating group) is 1. The van der Waals surface area contributed by atoms with Gasteiger partial charge in [-0.2, -0.15) is 0 Å². The summed E-state index contributed by atoms with van der Waals surface area (Å²) < 4.78 is 5.53. The predicted octanol–water partition coefficient (Wildman–Crippen LogP) is 1.14. The summed E-state index contributed by atoms with van der Waals surface area (Å²) >= 11 is 0. The van der Waals surface area contributed by atoms with Gasteiger partial charge in [-0.15, -0.1) is 0 Å². The third-order valence-corrected chi connectivity index (χ3v) is 4.00. The topological polar surface area (TPSA) is 55.6 Å². The van der Waals surface area contributed by atoms with E-state index in [1.807, 2.05) is 11.9 Å². The summed E-state index contributed by atoms with van der Waals surface area (Å²) in [5.41, 5.74) is 5.75. The van der Waals surface area contributed by atoms with Crippen molar-refractivity contribution in [3.05, 3.63) is 0 Å². The quantitative estimate of drug-likeness (QED) is 0.757. The molecule has 17 heavy (non-hydrogen) atoms. The number of carbonyl (C=O) groups is 1. The average molecular weight is 240 g/mol. The maximum atomic E-state index is 12.0. The molecule has 2 rings (SSSR count). The average Bonchev–Trinajstić information content (AvgIpc) is 3.03. The molecule has 0 aromatic carbocycles. The lowest BCUT2D eigenvalue weighted by molar-refractivity contribution is -0.132. The summed E-state index contributed by atoms with van der Waals surface area (Å²) in [6.45, 7) is 1.45. The molecule has 98 valence electrons. The molecule has 0 aromatic rings. The Morgan fingerprint density at radius 1 is 1.47 bits per heavy atom. The zero-order chi connectivity index (χ0) is 12.3. The fraction of sp³-hybridized carbons (Fsp3) is 0.923. The molecule has 0 spiro atoms. The molecule has 1 amide bonds. The maximum Gasteiger partial charge on any atom is 0.222 e. The first-order valence-electron chi connectivity index (χ1n) is 6.79. The third-order valence-electron chi connectivity index (χ3n) is 4.00. The highest BCUT2D eigenvalue weighted by Gasteiger charge is 2.34. The van der Waals surface area contributed by atoms with Gasteiger partial charge >= 0.3 is 0 Å². The highest BCUT2D eigenvalue weighted by molar-refractivity contribution is 5.76. The molecule has 2 N–H and O–H groups in total. The summed E-state index contributed by atoms with van der Waals surface area (Å²) in [6, 6.07) is 0.256. The van der Waals surface area contributed by atoms with Crippen molar-refractivity contribution in [1.82, 2.24) is 4.90 Å². The van der Waals surface area contributed by atoms with Gasteiger partial charge in [-0.05, 0) is 38.0 Å². The van der Waals surface area contributed by atoms with Gasteiger partial charge in [0.1, 0.15) is 0 Å². The number of amides is 1. The number of hydrogen-bond donors (Lipinski definition) is 1. The van der Waals surface area contributed by atoms with Gasteiger partial charge in [-0.3, -0.25) is 4.79 Å². The van der Waals surface area contributed by atoms with Crippen LogP contribution in [0, 0.1) is 5.92 Å². The Balaban J connectivity index is 1.73. The Kier molecular flexibility index (Phi) is 4.40. The molecular weight excluding hydrogens is 216 g/mol. The zero-order valence-corrected chi connectivity index (χ0v) is 10.7. The van der Waals surface area contributed by atoms with Gasteiger partial charge in [0.05, 0.1) is 6.10 Å². The number of hydrogen-bond acceptors (Lipinski definition) is 3. The van der Waals surface area contributed by atoms with Crippen LogP contribution >= 0.6 is 0 Å². The smallest absolute Gasteiger partial charge is 0.222 e. The van der Waals surface area contributed by atoms with Gasteiger partial charge in [-0.25, -0.2) is 0 Å². The molecule has 2 fully saturated rings. The van der Waals surface area contributed by atoms with E-state index in [0.717, 1.165) is 25.9 Å². The lowest BCUT2D eigenvalue weighted by atomic mass is 10.1.